The number of nitrogens with one attached hydrogen (secondary N) is 2. The third-order valence-electron chi connectivity index (χ3n) is 5.98. The van der Waals surface area contributed by atoms with Gasteiger partial charge in [0.15, 0.2) is 0 Å². The Hall–Kier alpha value is -2.58. The van der Waals surface area contributed by atoms with E-state index in [9.17, 15) is 27.6 Å². The third kappa shape index (κ3) is 4.29. The fourth-order valence-corrected chi connectivity index (χ4v) is 4.21. The highest BCUT2D eigenvalue weighted by Crippen LogP contribution is 2.37. The van der Waals surface area contributed by atoms with Gasteiger partial charge in [0.1, 0.15) is 0 Å². The molecule has 9 heteroatoms. The number of hydrogen-bond acceptors (Lipinski definition) is 3. The topological polar surface area (TPSA) is 78.5 Å². The van der Waals surface area contributed by atoms with Gasteiger partial charge < -0.3 is 5.32 Å². The zero-order valence-corrected chi connectivity index (χ0v) is 16.8. The van der Waals surface area contributed by atoms with E-state index in [0.717, 1.165) is 32.1 Å². The predicted molar refractivity (Wildman–Crippen MR) is 103 cm³/mol. The zero-order chi connectivity index (χ0) is 21.9. The largest absolute Gasteiger partial charge is 0.440 e. The van der Waals surface area contributed by atoms with Crippen molar-refractivity contribution >= 4 is 17.8 Å². The second kappa shape index (κ2) is 8.65. The molecule has 30 heavy (non-hydrogen) atoms. The molecular weight excluding hydrogens is 399 g/mol. The molecule has 1 aliphatic heterocycles. The maximum Gasteiger partial charge on any atom is 0.440 e. The summed E-state index contributed by atoms with van der Waals surface area (Å²) in [7, 11) is 0. The maximum atomic E-state index is 14.0. The molecule has 1 aromatic rings. The van der Waals surface area contributed by atoms with Crippen LogP contribution in [-0.2, 0) is 9.59 Å². The molecule has 2 unspecified atom stereocenters. The predicted octanol–water partition coefficient (Wildman–Crippen LogP) is 4.03. The molecule has 0 spiro atoms. The molecule has 6 nitrogen and oxygen atoms in total. The molecule has 4 amide bonds. The first-order valence-electron chi connectivity index (χ1n) is 10.2. The quantitative estimate of drug-likeness (QED) is 0.676. The molecule has 2 aliphatic rings. The second-order valence-corrected chi connectivity index (χ2v) is 8.03. The van der Waals surface area contributed by atoms with Crippen LogP contribution in [0.4, 0.5) is 18.0 Å². The Morgan fingerprint density at radius 1 is 1.20 bits per heavy atom. The number of amides is 4. The van der Waals surface area contributed by atoms with Gasteiger partial charge in [-0.25, -0.2) is 4.79 Å². The van der Waals surface area contributed by atoms with Crippen LogP contribution in [-0.4, -0.2) is 34.6 Å². The summed E-state index contributed by atoms with van der Waals surface area (Å²) in [5.74, 6) is -2.13. The van der Waals surface area contributed by atoms with Crippen molar-refractivity contribution in [2.24, 2.45) is 5.92 Å². The minimum absolute atomic E-state index is 0.125. The summed E-state index contributed by atoms with van der Waals surface area (Å²) in [5.41, 5.74) is -2.95. The molecule has 1 aliphatic carbocycles. The molecule has 3 rings (SSSR count). The Morgan fingerprint density at radius 3 is 2.43 bits per heavy atom. The molecule has 2 fully saturated rings. The first-order chi connectivity index (χ1) is 14.2. The van der Waals surface area contributed by atoms with Gasteiger partial charge >= 0.3 is 12.2 Å². The number of carbonyl (C=O) groups excluding carboxylic acids is 3. The van der Waals surface area contributed by atoms with Crippen LogP contribution in [0.15, 0.2) is 30.3 Å². The lowest BCUT2D eigenvalue weighted by Gasteiger charge is -2.31. The monoisotopic (exact) mass is 425 g/mol. The number of halogens is 3. The van der Waals surface area contributed by atoms with Gasteiger partial charge in [-0.05, 0) is 24.8 Å². The lowest BCUT2D eigenvalue weighted by molar-refractivity contribution is -0.204. The van der Waals surface area contributed by atoms with Gasteiger partial charge in [-0.2, -0.15) is 13.2 Å². The van der Waals surface area contributed by atoms with Crippen molar-refractivity contribution in [2.75, 3.05) is 0 Å². The fraction of sp³-hybridized carbons (Fsp3) is 0.571. The third-order valence-corrected chi connectivity index (χ3v) is 5.98. The van der Waals surface area contributed by atoms with Gasteiger partial charge in [0.2, 0.25) is 5.91 Å². The maximum absolute atomic E-state index is 14.0. The van der Waals surface area contributed by atoms with Crippen LogP contribution in [0.5, 0.6) is 0 Å². The number of benzene rings is 1. The Bertz CT molecular complexity index is 794. The highest BCUT2D eigenvalue weighted by atomic mass is 19.4. The molecule has 164 valence electrons. The van der Waals surface area contributed by atoms with Gasteiger partial charge in [0.25, 0.3) is 11.6 Å². The first-order valence-corrected chi connectivity index (χ1v) is 10.2. The summed E-state index contributed by atoms with van der Waals surface area (Å²) >= 11 is 0. The van der Waals surface area contributed by atoms with Crippen LogP contribution in [0.3, 0.4) is 0 Å². The molecule has 0 aromatic heterocycles. The smallest absolute Gasteiger partial charge is 0.318 e. The second-order valence-electron chi connectivity index (χ2n) is 8.03. The highest BCUT2D eigenvalue weighted by molar-refractivity contribution is 6.09. The molecule has 1 saturated heterocycles. The lowest BCUT2D eigenvalue weighted by Crippen LogP contribution is -2.69. The van der Waals surface area contributed by atoms with Gasteiger partial charge in [-0.15, -0.1) is 0 Å². The molecule has 2 atom stereocenters. The van der Waals surface area contributed by atoms with Crippen molar-refractivity contribution in [2.45, 2.75) is 69.8 Å². The summed E-state index contributed by atoms with van der Waals surface area (Å²) in [6.45, 7) is 1.46. The van der Waals surface area contributed by atoms with Crippen molar-refractivity contribution in [3.05, 3.63) is 35.9 Å². The molecule has 1 saturated carbocycles. The highest BCUT2D eigenvalue weighted by Gasteiger charge is 2.69. The normalized spacial score (nSPS) is 23.9. The number of nitrogens with zero attached hydrogens (tertiary/aromatic N) is 1. The van der Waals surface area contributed by atoms with Gasteiger partial charge in [-0.1, -0.05) is 62.4 Å². The standard InChI is InChI=1S/C21H26F3N3O3/c1-14(16-10-6-3-7-11-16)27-18(29)20(21(22,23)24,26-19(27)30)25-17(28)13-12-15-8-4-2-5-9-15/h3,6-7,10-11,14-15H,2,4-5,8-9,12-13H2,1H3,(H,25,28)(H,26,30). The van der Waals surface area contributed by atoms with Crippen molar-refractivity contribution in [3.8, 4) is 0 Å². The summed E-state index contributed by atoms with van der Waals surface area (Å²) in [5, 5.41) is 3.51. The Balaban J connectivity index is 1.77. The van der Waals surface area contributed by atoms with E-state index >= 15 is 0 Å². The molecule has 2 N–H and O–H groups in total. The van der Waals surface area contributed by atoms with E-state index in [4.69, 9.17) is 0 Å². The fourth-order valence-electron chi connectivity index (χ4n) is 4.21. The van der Waals surface area contributed by atoms with Crippen LogP contribution in [0.25, 0.3) is 0 Å². The molecule has 1 aromatic carbocycles. The summed E-state index contributed by atoms with van der Waals surface area (Å²) < 4.78 is 41.9. The van der Waals surface area contributed by atoms with Crippen LogP contribution >= 0.6 is 0 Å². The van der Waals surface area contributed by atoms with E-state index in [0.29, 0.717) is 22.8 Å². The van der Waals surface area contributed by atoms with Crippen LogP contribution < -0.4 is 10.6 Å². The average Bonchev–Trinajstić information content (AvgIpc) is 2.97. The number of urea groups is 1. The van der Waals surface area contributed by atoms with E-state index in [2.05, 4.69) is 0 Å². The minimum atomic E-state index is -5.19. The minimum Gasteiger partial charge on any atom is -0.318 e. The van der Waals surface area contributed by atoms with Crippen molar-refractivity contribution in [1.82, 2.24) is 15.5 Å². The number of imide groups is 1. The zero-order valence-electron chi connectivity index (χ0n) is 16.8. The molecular formula is C21H26F3N3O3. The first kappa shape index (κ1) is 22.1. The van der Waals surface area contributed by atoms with Gasteiger partial charge in [0, 0.05) is 6.42 Å². The Labute approximate surface area is 173 Å². The lowest BCUT2D eigenvalue weighted by atomic mass is 9.86. The molecule has 0 bridgehead atoms. The summed E-state index contributed by atoms with van der Waals surface area (Å²) in [4.78, 5) is 38.1. The SMILES string of the molecule is CC(c1ccccc1)N1C(=O)NC(NC(=O)CCC2CCCCC2)(C(F)(F)F)C1=O. The van der Waals surface area contributed by atoms with E-state index in [1.807, 2.05) is 0 Å². The van der Waals surface area contributed by atoms with E-state index in [-0.39, 0.29) is 6.42 Å². The average molecular weight is 425 g/mol. The summed E-state index contributed by atoms with van der Waals surface area (Å²) in [6, 6.07) is 6.14. The van der Waals surface area contributed by atoms with Crippen molar-refractivity contribution in [1.29, 1.82) is 0 Å². The van der Waals surface area contributed by atoms with Crippen molar-refractivity contribution < 1.29 is 27.6 Å². The van der Waals surface area contributed by atoms with Crippen LogP contribution in [0.1, 0.15) is 63.5 Å². The van der Waals surface area contributed by atoms with Gasteiger partial charge in [0.05, 0.1) is 6.04 Å². The summed E-state index contributed by atoms with van der Waals surface area (Å²) in [6.07, 6.45) is 0.304. The van der Waals surface area contributed by atoms with E-state index in [1.54, 1.807) is 41.0 Å². The number of alkyl halides is 3. The van der Waals surface area contributed by atoms with Gasteiger partial charge in [-0.3, -0.25) is 19.8 Å². The number of hydrogen-bond donors (Lipinski definition) is 2. The Morgan fingerprint density at radius 2 is 1.83 bits per heavy atom. The Kier molecular flexibility index (Phi) is 6.38. The number of carbonyl (C=O) groups is 3. The van der Waals surface area contributed by atoms with Crippen molar-refractivity contribution in [3.63, 3.8) is 0 Å². The molecule has 0 radical (unpaired) electrons. The number of rotatable bonds is 6. The van der Waals surface area contributed by atoms with Crippen LogP contribution in [0.2, 0.25) is 0 Å². The van der Waals surface area contributed by atoms with E-state index < -0.39 is 35.7 Å². The molecule has 1 heterocycles. The van der Waals surface area contributed by atoms with Crippen LogP contribution in [0, 0.1) is 5.92 Å². The van der Waals surface area contributed by atoms with E-state index in [1.165, 1.54) is 6.92 Å².